The second kappa shape index (κ2) is 8.60. The molecule has 0 fully saturated rings. The first-order valence-electron chi connectivity index (χ1n) is 8.75. The summed E-state index contributed by atoms with van der Waals surface area (Å²) in [4.78, 5) is 24.2. The van der Waals surface area contributed by atoms with Gasteiger partial charge in [0, 0.05) is 37.2 Å². The quantitative estimate of drug-likeness (QED) is 0.592. The number of ketones is 1. The van der Waals surface area contributed by atoms with E-state index in [9.17, 15) is 9.59 Å². The molecule has 0 saturated heterocycles. The molecule has 0 bridgehead atoms. The van der Waals surface area contributed by atoms with Crippen molar-refractivity contribution in [1.29, 1.82) is 0 Å². The Morgan fingerprint density at radius 2 is 1.84 bits per heavy atom. The molecule has 25 heavy (non-hydrogen) atoms. The van der Waals surface area contributed by atoms with Crippen LogP contribution >= 0.6 is 0 Å². The van der Waals surface area contributed by atoms with Crippen LogP contribution in [-0.2, 0) is 11.3 Å². The number of nitrogens with zero attached hydrogens (tertiary/aromatic N) is 2. The van der Waals surface area contributed by atoms with Crippen molar-refractivity contribution in [2.45, 2.75) is 53.5 Å². The SMILES string of the molecule is Cc1ccc(C)c(C(=O)CCC(=O)NCCCn2nc(C)cc2C)c1. The van der Waals surface area contributed by atoms with E-state index in [1.165, 1.54) is 0 Å². The topological polar surface area (TPSA) is 64.0 Å². The Bertz CT molecular complexity index is 762. The summed E-state index contributed by atoms with van der Waals surface area (Å²) in [7, 11) is 0. The average molecular weight is 341 g/mol. The summed E-state index contributed by atoms with van der Waals surface area (Å²) in [5.41, 5.74) is 4.87. The first kappa shape index (κ1) is 18.9. The van der Waals surface area contributed by atoms with Gasteiger partial charge in [-0.15, -0.1) is 0 Å². The summed E-state index contributed by atoms with van der Waals surface area (Å²) < 4.78 is 1.95. The largest absolute Gasteiger partial charge is 0.356 e. The highest BCUT2D eigenvalue weighted by Gasteiger charge is 2.11. The molecule has 5 nitrogen and oxygen atoms in total. The lowest BCUT2D eigenvalue weighted by Gasteiger charge is -2.08. The molecule has 5 heteroatoms. The fraction of sp³-hybridized carbons (Fsp3) is 0.450. The average Bonchev–Trinajstić information content (AvgIpc) is 2.89. The lowest BCUT2D eigenvalue weighted by Crippen LogP contribution is -2.26. The first-order chi connectivity index (χ1) is 11.9. The minimum atomic E-state index is -0.0768. The zero-order chi connectivity index (χ0) is 18.4. The zero-order valence-electron chi connectivity index (χ0n) is 15.6. The highest BCUT2D eigenvalue weighted by atomic mass is 16.2. The number of carbonyl (C=O) groups excluding carboxylic acids is 2. The van der Waals surface area contributed by atoms with Gasteiger partial charge in [0.15, 0.2) is 5.78 Å². The van der Waals surface area contributed by atoms with Crippen LogP contribution < -0.4 is 5.32 Å². The van der Waals surface area contributed by atoms with Crippen LogP contribution in [0.25, 0.3) is 0 Å². The number of Topliss-reactive ketones (excluding diaryl/α,β-unsaturated/α-hetero) is 1. The van der Waals surface area contributed by atoms with Gasteiger partial charge in [-0.1, -0.05) is 17.7 Å². The number of carbonyl (C=O) groups is 2. The third kappa shape index (κ3) is 5.55. The summed E-state index contributed by atoms with van der Waals surface area (Å²) in [5, 5.41) is 7.27. The Kier molecular flexibility index (Phi) is 6.51. The minimum absolute atomic E-state index is 0.0268. The molecule has 1 N–H and O–H groups in total. The molecule has 0 spiro atoms. The smallest absolute Gasteiger partial charge is 0.220 e. The number of aromatic nitrogens is 2. The Balaban J connectivity index is 1.71. The van der Waals surface area contributed by atoms with E-state index in [1.54, 1.807) is 0 Å². The van der Waals surface area contributed by atoms with Crippen molar-refractivity contribution in [2.75, 3.05) is 6.54 Å². The Labute approximate surface area is 149 Å². The monoisotopic (exact) mass is 341 g/mol. The summed E-state index contributed by atoms with van der Waals surface area (Å²) >= 11 is 0. The van der Waals surface area contributed by atoms with Gasteiger partial charge in [0.2, 0.25) is 5.91 Å². The van der Waals surface area contributed by atoms with E-state index in [2.05, 4.69) is 10.4 Å². The van der Waals surface area contributed by atoms with E-state index in [4.69, 9.17) is 0 Å². The molecular weight excluding hydrogens is 314 g/mol. The summed E-state index contributed by atoms with van der Waals surface area (Å²) in [6.45, 7) is 9.25. The molecule has 0 unspecified atom stereocenters. The van der Waals surface area contributed by atoms with Crippen molar-refractivity contribution in [3.8, 4) is 0 Å². The Morgan fingerprint density at radius 3 is 2.52 bits per heavy atom. The standard InChI is InChI=1S/C20H27N3O2/c1-14-6-7-15(2)18(12-14)19(24)8-9-20(25)21-10-5-11-23-17(4)13-16(3)22-23/h6-7,12-13H,5,8-11H2,1-4H3,(H,21,25). The maximum atomic E-state index is 12.3. The molecule has 2 aromatic rings. The van der Waals surface area contributed by atoms with Gasteiger partial charge >= 0.3 is 0 Å². The molecule has 0 atom stereocenters. The van der Waals surface area contributed by atoms with E-state index < -0.39 is 0 Å². The molecule has 0 aliphatic rings. The van der Waals surface area contributed by atoms with Crippen molar-refractivity contribution in [2.24, 2.45) is 0 Å². The predicted octanol–water partition coefficient (Wildman–Crippen LogP) is 3.29. The fourth-order valence-corrected chi connectivity index (χ4v) is 2.84. The number of hydrogen-bond acceptors (Lipinski definition) is 3. The van der Waals surface area contributed by atoms with E-state index >= 15 is 0 Å². The van der Waals surface area contributed by atoms with Gasteiger partial charge in [-0.3, -0.25) is 14.3 Å². The van der Waals surface area contributed by atoms with E-state index in [0.717, 1.165) is 41.0 Å². The van der Waals surface area contributed by atoms with E-state index in [-0.39, 0.29) is 24.5 Å². The zero-order valence-corrected chi connectivity index (χ0v) is 15.6. The molecule has 0 radical (unpaired) electrons. The number of benzene rings is 1. The molecule has 1 amide bonds. The van der Waals surface area contributed by atoms with Gasteiger partial charge in [-0.05, 0) is 51.8 Å². The summed E-state index contributed by atoms with van der Waals surface area (Å²) in [6, 6.07) is 7.87. The van der Waals surface area contributed by atoms with Gasteiger partial charge in [-0.2, -0.15) is 5.10 Å². The van der Waals surface area contributed by atoms with Gasteiger partial charge in [0.25, 0.3) is 0 Å². The second-order valence-corrected chi connectivity index (χ2v) is 6.60. The molecule has 1 aromatic carbocycles. The number of nitrogens with one attached hydrogen (secondary N) is 1. The normalized spacial score (nSPS) is 10.7. The Morgan fingerprint density at radius 1 is 1.08 bits per heavy atom. The van der Waals surface area contributed by atoms with Crippen LogP contribution in [0.5, 0.6) is 0 Å². The number of hydrogen-bond donors (Lipinski definition) is 1. The summed E-state index contributed by atoms with van der Waals surface area (Å²) in [5.74, 6) is -0.0500. The highest BCUT2D eigenvalue weighted by molar-refractivity contribution is 5.99. The second-order valence-electron chi connectivity index (χ2n) is 6.60. The van der Waals surface area contributed by atoms with Crippen molar-refractivity contribution in [3.05, 3.63) is 52.3 Å². The van der Waals surface area contributed by atoms with Crippen molar-refractivity contribution in [3.63, 3.8) is 0 Å². The van der Waals surface area contributed by atoms with Gasteiger partial charge < -0.3 is 5.32 Å². The van der Waals surface area contributed by atoms with Gasteiger partial charge in [-0.25, -0.2) is 0 Å². The van der Waals surface area contributed by atoms with Crippen LogP contribution in [-0.4, -0.2) is 28.0 Å². The molecule has 1 aromatic heterocycles. The maximum absolute atomic E-state index is 12.3. The third-order valence-electron chi connectivity index (χ3n) is 4.24. The van der Waals surface area contributed by atoms with Crippen LogP contribution in [0.1, 0.15) is 52.1 Å². The van der Waals surface area contributed by atoms with Crippen LogP contribution in [0.3, 0.4) is 0 Å². The molecule has 0 aliphatic heterocycles. The van der Waals surface area contributed by atoms with Gasteiger partial charge in [0.1, 0.15) is 0 Å². The van der Waals surface area contributed by atoms with Crippen LogP contribution in [0.2, 0.25) is 0 Å². The third-order valence-corrected chi connectivity index (χ3v) is 4.24. The van der Waals surface area contributed by atoms with Crippen molar-refractivity contribution in [1.82, 2.24) is 15.1 Å². The fourth-order valence-electron chi connectivity index (χ4n) is 2.84. The number of amides is 1. The van der Waals surface area contributed by atoms with Crippen LogP contribution in [0.15, 0.2) is 24.3 Å². The minimum Gasteiger partial charge on any atom is -0.356 e. The highest BCUT2D eigenvalue weighted by Crippen LogP contribution is 2.13. The van der Waals surface area contributed by atoms with Crippen LogP contribution in [0.4, 0.5) is 0 Å². The summed E-state index contributed by atoms with van der Waals surface area (Å²) in [6.07, 6.45) is 1.29. The van der Waals surface area contributed by atoms with E-state index in [1.807, 2.05) is 56.6 Å². The van der Waals surface area contributed by atoms with Crippen molar-refractivity contribution < 1.29 is 9.59 Å². The lowest BCUT2D eigenvalue weighted by atomic mass is 9.99. The maximum Gasteiger partial charge on any atom is 0.220 e. The number of rotatable bonds is 8. The number of aryl methyl sites for hydroxylation is 5. The first-order valence-corrected chi connectivity index (χ1v) is 8.75. The Hall–Kier alpha value is -2.43. The molecular formula is C20H27N3O2. The van der Waals surface area contributed by atoms with Gasteiger partial charge in [0.05, 0.1) is 5.69 Å². The lowest BCUT2D eigenvalue weighted by molar-refractivity contribution is -0.121. The molecule has 134 valence electrons. The molecule has 0 saturated carbocycles. The van der Waals surface area contributed by atoms with E-state index in [0.29, 0.717) is 6.54 Å². The molecule has 0 aliphatic carbocycles. The molecule has 2 rings (SSSR count). The van der Waals surface area contributed by atoms with Crippen LogP contribution in [0, 0.1) is 27.7 Å². The predicted molar refractivity (Wildman–Crippen MR) is 98.8 cm³/mol. The molecule has 1 heterocycles. The van der Waals surface area contributed by atoms with Crippen molar-refractivity contribution >= 4 is 11.7 Å².